The summed E-state index contributed by atoms with van der Waals surface area (Å²) in [6.07, 6.45) is 4.17. The monoisotopic (exact) mass is 277 g/mol. The lowest BCUT2D eigenvalue weighted by Gasteiger charge is -2.31. The molecule has 0 spiro atoms. The van der Waals surface area contributed by atoms with Gasteiger partial charge in [-0.2, -0.15) is 0 Å². The third-order valence-corrected chi connectivity index (χ3v) is 3.61. The summed E-state index contributed by atoms with van der Waals surface area (Å²) in [4.78, 5) is 6.31. The number of nitrogens with zero attached hydrogens (tertiary/aromatic N) is 3. The molecule has 20 heavy (non-hydrogen) atoms. The van der Waals surface area contributed by atoms with Crippen LogP contribution in [0.25, 0.3) is 0 Å². The molecule has 0 fully saturated rings. The zero-order chi connectivity index (χ0) is 14.9. The maximum absolute atomic E-state index is 5.60. The smallest absolute Gasteiger partial charge is 0.134 e. The Hall–Kier alpha value is -2.04. The van der Waals surface area contributed by atoms with Gasteiger partial charge < -0.3 is 24.2 Å². The Morgan fingerprint density at radius 3 is 1.75 bits per heavy atom. The summed E-state index contributed by atoms with van der Waals surface area (Å²) in [5, 5.41) is 0. The molecule has 0 amide bonds. The largest absolute Gasteiger partial charge is 0.496 e. The number of hydrogen-bond donors (Lipinski definition) is 0. The number of benzene rings is 1. The predicted molar refractivity (Wildman–Crippen MR) is 81.3 cm³/mol. The van der Waals surface area contributed by atoms with E-state index in [1.165, 1.54) is 0 Å². The Morgan fingerprint density at radius 1 is 0.950 bits per heavy atom. The predicted octanol–water partition coefficient (Wildman–Crippen LogP) is 2.12. The molecule has 0 aliphatic carbocycles. The summed E-state index contributed by atoms with van der Waals surface area (Å²) in [6.45, 7) is 0. The molecule has 0 unspecified atom stereocenters. The lowest BCUT2D eigenvalue weighted by Crippen LogP contribution is -2.26. The fourth-order valence-corrected chi connectivity index (χ4v) is 2.51. The molecular formula is C15H23N3O2. The second kappa shape index (κ2) is 5.53. The number of anilines is 1. The standard InChI is InChI=1S/C15H23N3O2/c1-16(2)11-9-12(19-5)14(13(10-11)20-6)15-17(3)7-8-18(15)4/h7-10,15H,1-6H3. The minimum Gasteiger partial charge on any atom is -0.496 e. The van der Waals surface area contributed by atoms with Crippen molar-refractivity contribution in [1.29, 1.82) is 0 Å². The molecule has 0 bridgehead atoms. The van der Waals surface area contributed by atoms with Crippen molar-refractivity contribution in [1.82, 2.24) is 9.80 Å². The molecule has 1 aliphatic heterocycles. The molecule has 5 heteroatoms. The van der Waals surface area contributed by atoms with E-state index in [0.29, 0.717) is 0 Å². The van der Waals surface area contributed by atoms with Crippen molar-refractivity contribution in [2.45, 2.75) is 6.17 Å². The number of rotatable bonds is 4. The third-order valence-electron chi connectivity index (χ3n) is 3.61. The van der Waals surface area contributed by atoms with Crippen molar-refractivity contribution < 1.29 is 9.47 Å². The van der Waals surface area contributed by atoms with Crippen LogP contribution < -0.4 is 14.4 Å². The van der Waals surface area contributed by atoms with Crippen molar-refractivity contribution in [3.63, 3.8) is 0 Å². The highest BCUT2D eigenvalue weighted by atomic mass is 16.5. The molecule has 0 aromatic heterocycles. The van der Waals surface area contributed by atoms with E-state index in [2.05, 4.69) is 9.80 Å². The van der Waals surface area contributed by atoms with Gasteiger partial charge in [0.25, 0.3) is 0 Å². The molecule has 0 saturated heterocycles. The van der Waals surface area contributed by atoms with Crippen LogP contribution in [0.3, 0.4) is 0 Å². The summed E-state index contributed by atoms with van der Waals surface area (Å²) in [5.74, 6) is 1.67. The van der Waals surface area contributed by atoms with Gasteiger partial charge in [-0.3, -0.25) is 0 Å². The van der Waals surface area contributed by atoms with Gasteiger partial charge in [-0.1, -0.05) is 0 Å². The summed E-state index contributed by atoms with van der Waals surface area (Å²) < 4.78 is 11.2. The van der Waals surface area contributed by atoms with Crippen molar-refractivity contribution >= 4 is 5.69 Å². The number of hydrogen-bond acceptors (Lipinski definition) is 5. The Balaban J connectivity index is 2.56. The Kier molecular flexibility index (Phi) is 3.97. The molecule has 1 aliphatic rings. The van der Waals surface area contributed by atoms with Gasteiger partial charge in [-0.05, 0) is 0 Å². The molecule has 0 saturated carbocycles. The van der Waals surface area contributed by atoms with Gasteiger partial charge in [-0.15, -0.1) is 0 Å². The van der Waals surface area contributed by atoms with Gasteiger partial charge in [0.2, 0.25) is 0 Å². The van der Waals surface area contributed by atoms with Crippen molar-refractivity contribution in [2.24, 2.45) is 0 Å². The highest BCUT2D eigenvalue weighted by Crippen LogP contribution is 2.42. The van der Waals surface area contributed by atoms with E-state index >= 15 is 0 Å². The molecule has 0 N–H and O–H groups in total. The van der Waals surface area contributed by atoms with Gasteiger partial charge in [0.05, 0.1) is 19.8 Å². The summed E-state index contributed by atoms with van der Waals surface area (Å²) in [7, 11) is 11.5. The topological polar surface area (TPSA) is 28.2 Å². The van der Waals surface area contributed by atoms with E-state index in [9.17, 15) is 0 Å². The lowest BCUT2D eigenvalue weighted by molar-refractivity contribution is 0.197. The zero-order valence-electron chi connectivity index (χ0n) is 13.0. The zero-order valence-corrected chi connectivity index (χ0v) is 13.0. The van der Waals surface area contributed by atoms with Crippen LogP contribution in [0.2, 0.25) is 0 Å². The van der Waals surface area contributed by atoms with Gasteiger partial charge >= 0.3 is 0 Å². The quantitative estimate of drug-likeness (QED) is 0.840. The number of methoxy groups -OCH3 is 2. The van der Waals surface area contributed by atoms with Gasteiger partial charge in [-0.25, -0.2) is 0 Å². The van der Waals surface area contributed by atoms with E-state index in [4.69, 9.17) is 9.47 Å². The molecule has 1 aromatic carbocycles. The molecular weight excluding hydrogens is 254 g/mol. The van der Waals surface area contributed by atoms with E-state index in [0.717, 1.165) is 22.7 Å². The lowest BCUT2D eigenvalue weighted by atomic mass is 10.1. The van der Waals surface area contributed by atoms with Crippen molar-refractivity contribution in [2.75, 3.05) is 47.3 Å². The van der Waals surface area contributed by atoms with E-state index < -0.39 is 0 Å². The first-order valence-corrected chi connectivity index (χ1v) is 6.55. The highest BCUT2D eigenvalue weighted by Gasteiger charge is 2.29. The van der Waals surface area contributed by atoms with Crippen molar-refractivity contribution in [3.05, 3.63) is 30.1 Å². The first-order valence-electron chi connectivity index (χ1n) is 6.55. The highest BCUT2D eigenvalue weighted by molar-refractivity contribution is 5.60. The van der Waals surface area contributed by atoms with E-state index in [-0.39, 0.29) is 6.17 Å². The van der Waals surface area contributed by atoms with Crippen LogP contribution in [-0.2, 0) is 0 Å². The maximum Gasteiger partial charge on any atom is 0.134 e. The third kappa shape index (κ3) is 2.35. The van der Waals surface area contributed by atoms with Crippen LogP contribution in [0.15, 0.2) is 24.5 Å². The van der Waals surface area contributed by atoms with E-state index in [1.54, 1.807) is 14.2 Å². The first kappa shape index (κ1) is 14.4. The molecule has 0 radical (unpaired) electrons. The van der Waals surface area contributed by atoms with Crippen molar-refractivity contribution in [3.8, 4) is 11.5 Å². The SMILES string of the molecule is COc1cc(N(C)C)cc(OC)c1C1N(C)C=CN1C. The Morgan fingerprint density at radius 2 is 1.40 bits per heavy atom. The van der Waals surface area contributed by atoms with Crippen LogP contribution in [0, 0.1) is 0 Å². The summed E-state index contributed by atoms with van der Waals surface area (Å²) in [6, 6.07) is 4.08. The summed E-state index contributed by atoms with van der Waals surface area (Å²) in [5.41, 5.74) is 2.09. The Labute approximate surface area is 121 Å². The van der Waals surface area contributed by atoms with Crippen LogP contribution in [-0.4, -0.2) is 52.2 Å². The normalized spacial score (nSPS) is 14.9. The van der Waals surface area contributed by atoms with Crippen LogP contribution in [0.5, 0.6) is 11.5 Å². The average Bonchev–Trinajstić information content (AvgIpc) is 2.76. The fourth-order valence-electron chi connectivity index (χ4n) is 2.51. The molecule has 5 nitrogen and oxygen atoms in total. The summed E-state index contributed by atoms with van der Waals surface area (Å²) >= 11 is 0. The van der Waals surface area contributed by atoms with Gasteiger partial charge in [0, 0.05) is 58.4 Å². The Bertz CT molecular complexity index is 477. The maximum atomic E-state index is 5.60. The van der Waals surface area contributed by atoms with Crippen LogP contribution >= 0.6 is 0 Å². The van der Waals surface area contributed by atoms with Gasteiger partial charge in [0.1, 0.15) is 17.7 Å². The second-order valence-corrected chi connectivity index (χ2v) is 5.16. The van der Waals surface area contributed by atoms with E-state index in [1.807, 2.05) is 57.6 Å². The molecule has 2 rings (SSSR count). The second-order valence-electron chi connectivity index (χ2n) is 5.16. The minimum atomic E-state index is 0.0797. The van der Waals surface area contributed by atoms with Crippen LogP contribution in [0.4, 0.5) is 5.69 Å². The molecule has 1 aromatic rings. The van der Waals surface area contributed by atoms with Gasteiger partial charge in [0.15, 0.2) is 0 Å². The molecule has 1 heterocycles. The molecule has 0 atom stereocenters. The number of ether oxygens (including phenoxy) is 2. The van der Waals surface area contributed by atoms with Crippen LogP contribution in [0.1, 0.15) is 11.7 Å². The minimum absolute atomic E-state index is 0.0797. The molecule has 110 valence electrons. The average molecular weight is 277 g/mol. The first-order chi connectivity index (χ1) is 9.49. The fraction of sp³-hybridized carbons (Fsp3) is 0.467.